The van der Waals surface area contributed by atoms with Gasteiger partial charge in [0, 0.05) is 0 Å². The average molecular weight is 196 g/mol. The minimum atomic E-state index is -1.22. The van der Waals surface area contributed by atoms with E-state index < -0.39 is 5.97 Å². The Kier molecular flexibility index (Phi) is 5.66. The van der Waals surface area contributed by atoms with Gasteiger partial charge >= 0.3 is 51.4 Å². The van der Waals surface area contributed by atoms with Crippen LogP contribution in [0.25, 0.3) is 0 Å². The van der Waals surface area contributed by atoms with Crippen LogP contribution < -0.4 is 56.5 Å². The normalized spacial score (nSPS) is 8.82. The summed E-state index contributed by atoms with van der Waals surface area (Å²) in [5.41, 5.74) is 0.0486. The van der Waals surface area contributed by atoms with E-state index >= 15 is 0 Å². The van der Waals surface area contributed by atoms with E-state index in [9.17, 15) is 9.90 Å². The van der Waals surface area contributed by atoms with Gasteiger partial charge in [0.25, 0.3) is 0 Å². The van der Waals surface area contributed by atoms with E-state index in [1.54, 1.807) is 6.26 Å². The molecule has 1 heterocycles. The standard InChI is InChI=1S/C5H6N2O2S.K/c1-10-4-3(5(8)9)6-2-7-4;/h2H,1H3,(H,6,7)(H,8,9);/q;+1/p-1. The molecule has 0 bridgehead atoms. The molecule has 0 spiro atoms. The van der Waals surface area contributed by atoms with E-state index in [2.05, 4.69) is 9.97 Å². The number of carboxylic acids is 1. The minimum Gasteiger partial charge on any atom is -0.543 e. The molecule has 54 valence electrons. The molecule has 0 atom stereocenters. The number of aromatic carboxylic acids is 1. The van der Waals surface area contributed by atoms with Gasteiger partial charge in [0.1, 0.15) is 5.03 Å². The molecule has 1 N–H and O–H groups in total. The number of nitrogens with zero attached hydrogens (tertiary/aromatic N) is 1. The number of nitrogens with one attached hydrogen (secondary N) is 1. The quantitative estimate of drug-likeness (QED) is 0.394. The van der Waals surface area contributed by atoms with Crippen LogP contribution >= 0.6 is 11.8 Å². The first-order valence-corrected chi connectivity index (χ1v) is 3.77. The fourth-order valence-corrected chi connectivity index (χ4v) is 1.09. The van der Waals surface area contributed by atoms with E-state index in [4.69, 9.17) is 0 Å². The van der Waals surface area contributed by atoms with Crippen LogP contribution in [0.1, 0.15) is 10.5 Å². The van der Waals surface area contributed by atoms with Gasteiger partial charge in [-0.3, -0.25) is 0 Å². The van der Waals surface area contributed by atoms with Crippen molar-refractivity contribution in [3.8, 4) is 0 Å². The first-order valence-electron chi connectivity index (χ1n) is 2.54. The minimum absolute atomic E-state index is 0. The molecule has 0 unspecified atom stereocenters. The molecule has 0 aliphatic carbocycles. The third-order valence-electron chi connectivity index (χ3n) is 1.00. The van der Waals surface area contributed by atoms with Gasteiger partial charge in [-0.2, -0.15) is 0 Å². The molecule has 11 heavy (non-hydrogen) atoms. The van der Waals surface area contributed by atoms with Crippen LogP contribution in [0.15, 0.2) is 11.4 Å². The van der Waals surface area contributed by atoms with Crippen LogP contribution in [0.5, 0.6) is 0 Å². The van der Waals surface area contributed by atoms with Crippen LogP contribution in [0.2, 0.25) is 0 Å². The molecule has 0 saturated heterocycles. The largest absolute Gasteiger partial charge is 1.00 e. The Bertz CT molecular complexity index is 250. The number of carbonyl (C=O) groups excluding carboxylic acids is 1. The number of imidazole rings is 1. The summed E-state index contributed by atoms with van der Waals surface area (Å²) >= 11 is 1.27. The molecule has 4 nitrogen and oxygen atoms in total. The van der Waals surface area contributed by atoms with Gasteiger partial charge in [-0.15, -0.1) is 11.8 Å². The number of rotatable bonds is 2. The maximum Gasteiger partial charge on any atom is 1.00 e. The van der Waals surface area contributed by atoms with Gasteiger partial charge in [0.2, 0.25) is 0 Å². The van der Waals surface area contributed by atoms with Crippen molar-refractivity contribution in [1.82, 2.24) is 9.97 Å². The summed E-state index contributed by atoms with van der Waals surface area (Å²) in [6.07, 6.45) is 3.08. The van der Waals surface area contributed by atoms with Gasteiger partial charge in [-0.25, -0.2) is 4.98 Å². The monoisotopic (exact) mass is 196 g/mol. The smallest absolute Gasteiger partial charge is 0.543 e. The predicted octanol–water partition coefficient (Wildman–Crippen LogP) is -3.50. The Labute approximate surface area is 111 Å². The topological polar surface area (TPSA) is 68.8 Å². The first-order chi connectivity index (χ1) is 4.75. The molecule has 1 aromatic rings. The summed E-state index contributed by atoms with van der Waals surface area (Å²) in [6.45, 7) is 0. The van der Waals surface area contributed by atoms with Gasteiger partial charge < -0.3 is 14.9 Å². The molecule has 1 aromatic heterocycles. The van der Waals surface area contributed by atoms with Crippen molar-refractivity contribution in [3.05, 3.63) is 12.0 Å². The summed E-state index contributed by atoms with van der Waals surface area (Å²) in [6, 6.07) is 0. The second-order valence-electron chi connectivity index (χ2n) is 1.57. The van der Waals surface area contributed by atoms with Crippen molar-refractivity contribution in [2.24, 2.45) is 0 Å². The molecule has 0 amide bonds. The number of hydrogen-bond acceptors (Lipinski definition) is 4. The molecule has 0 aliphatic heterocycles. The number of carboxylic acid groups (broad SMARTS) is 1. The maximum atomic E-state index is 10.2. The van der Waals surface area contributed by atoms with E-state index in [1.165, 1.54) is 18.1 Å². The second kappa shape index (κ2) is 5.34. The second-order valence-corrected chi connectivity index (χ2v) is 2.37. The zero-order valence-electron chi connectivity index (χ0n) is 6.25. The Morgan fingerprint density at radius 2 is 2.45 bits per heavy atom. The Morgan fingerprint density at radius 3 is 2.82 bits per heavy atom. The zero-order valence-corrected chi connectivity index (χ0v) is 10.2. The van der Waals surface area contributed by atoms with Crippen molar-refractivity contribution in [2.45, 2.75) is 5.03 Å². The fraction of sp³-hybridized carbons (Fsp3) is 0.200. The van der Waals surface area contributed by atoms with Crippen LogP contribution in [0.4, 0.5) is 0 Å². The average Bonchev–Trinajstić information content (AvgIpc) is 2.33. The van der Waals surface area contributed by atoms with Crippen LogP contribution in [-0.2, 0) is 0 Å². The molecule has 1 rings (SSSR count). The fourth-order valence-electron chi connectivity index (χ4n) is 0.583. The van der Waals surface area contributed by atoms with Crippen molar-refractivity contribution in [1.29, 1.82) is 0 Å². The third-order valence-corrected chi connectivity index (χ3v) is 1.70. The Hall–Kier alpha value is 0.666. The molecule has 0 fully saturated rings. The van der Waals surface area contributed by atoms with Crippen LogP contribution in [0.3, 0.4) is 0 Å². The van der Waals surface area contributed by atoms with Crippen molar-refractivity contribution in [2.75, 3.05) is 6.26 Å². The van der Waals surface area contributed by atoms with Gasteiger partial charge in [-0.1, -0.05) is 0 Å². The summed E-state index contributed by atoms with van der Waals surface area (Å²) in [4.78, 5) is 16.5. The zero-order chi connectivity index (χ0) is 7.56. The van der Waals surface area contributed by atoms with E-state index in [0.29, 0.717) is 5.03 Å². The summed E-state index contributed by atoms with van der Waals surface area (Å²) in [5, 5.41) is 10.7. The van der Waals surface area contributed by atoms with E-state index in [1.807, 2.05) is 0 Å². The Balaban J connectivity index is 0.000001000. The molecule has 0 radical (unpaired) electrons. The SMILES string of the molecule is CSc1nc[nH]c1C(=O)[O-].[K+]. The van der Waals surface area contributed by atoms with Crippen molar-refractivity contribution >= 4 is 17.7 Å². The molecule has 0 saturated carbocycles. The maximum absolute atomic E-state index is 10.2. The number of hydrogen-bond donors (Lipinski definition) is 1. The van der Waals surface area contributed by atoms with Gasteiger partial charge in [0.15, 0.2) is 0 Å². The summed E-state index contributed by atoms with van der Waals surface area (Å²) in [7, 11) is 0. The van der Waals surface area contributed by atoms with Crippen molar-refractivity contribution < 1.29 is 61.3 Å². The number of carbonyl (C=O) groups is 1. The molecule has 0 aliphatic rings. The Morgan fingerprint density at radius 1 is 1.82 bits per heavy atom. The molecular formula is C5H5KN2O2S. The first kappa shape index (κ1) is 11.7. The van der Waals surface area contributed by atoms with Gasteiger partial charge in [0.05, 0.1) is 18.0 Å². The third kappa shape index (κ3) is 2.88. The summed E-state index contributed by atoms with van der Waals surface area (Å²) < 4.78 is 0. The number of H-pyrrole nitrogens is 1. The number of aromatic nitrogens is 2. The molecule has 6 heteroatoms. The van der Waals surface area contributed by atoms with Gasteiger partial charge in [-0.05, 0) is 6.26 Å². The summed E-state index contributed by atoms with van der Waals surface area (Å²) in [5.74, 6) is -1.22. The predicted molar refractivity (Wildman–Crippen MR) is 34.7 cm³/mol. The number of aromatic amines is 1. The number of thioether (sulfide) groups is 1. The molecular weight excluding hydrogens is 191 g/mol. The van der Waals surface area contributed by atoms with E-state index in [0.717, 1.165) is 0 Å². The molecule has 0 aromatic carbocycles. The van der Waals surface area contributed by atoms with Crippen molar-refractivity contribution in [3.63, 3.8) is 0 Å². The van der Waals surface area contributed by atoms with E-state index in [-0.39, 0.29) is 57.1 Å². The van der Waals surface area contributed by atoms with Crippen LogP contribution in [0, 0.1) is 0 Å². The van der Waals surface area contributed by atoms with Crippen LogP contribution in [-0.4, -0.2) is 22.2 Å².